The summed E-state index contributed by atoms with van der Waals surface area (Å²) in [6.45, 7) is 0.464. The third-order valence-electron chi connectivity index (χ3n) is 3.65. The van der Waals surface area contributed by atoms with Gasteiger partial charge in [0.1, 0.15) is 5.82 Å². The lowest BCUT2D eigenvalue weighted by Gasteiger charge is -2.06. The molecule has 2 amide bonds. The van der Waals surface area contributed by atoms with Crippen molar-refractivity contribution in [2.24, 2.45) is 0 Å². The summed E-state index contributed by atoms with van der Waals surface area (Å²) < 4.78 is 1.89. The first-order valence-corrected chi connectivity index (χ1v) is 9.83. The van der Waals surface area contributed by atoms with Gasteiger partial charge >= 0.3 is 0 Å². The van der Waals surface area contributed by atoms with E-state index >= 15 is 0 Å². The van der Waals surface area contributed by atoms with E-state index in [1.807, 2.05) is 28.8 Å². The van der Waals surface area contributed by atoms with Crippen LogP contribution in [0.3, 0.4) is 0 Å². The minimum absolute atomic E-state index is 0.117. The maximum absolute atomic E-state index is 11.9. The Morgan fingerprint density at radius 2 is 1.81 bits per heavy atom. The molecule has 0 bridgehead atoms. The van der Waals surface area contributed by atoms with Gasteiger partial charge in [-0.15, -0.1) is 22.0 Å². The Labute approximate surface area is 165 Å². The largest absolute Gasteiger partial charge is 0.355 e. The summed E-state index contributed by atoms with van der Waals surface area (Å²) in [4.78, 5) is 23.7. The number of carbonyl (C=O) groups excluding carboxylic acids is 2. The minimum Gasteiger partial charge on any atom is -0.355 e. The lowest BCUT2D eigenvalue weighted by molar-refractivity contribution is -0.118. The van der Waals surface area contributed by atoms with Gasteiger partial charge in [0.25, 0.3) is 0 Å². The molecule has 2 N–H and O–H groups in total. The van der Waals surface area contributed by atoms with Crippen molar-refractivity contribution in [3.8, 4) is 0 Å². The lowest BCUT2D eigenvalue weighted by atomic mass is 10.3. The van der Waals surface area contributed by atoms with Gasteiger partial charge in [-0.3, -0.25) is 14.0 Å². The number of thioether (sulfide) groups is 1. The fraction of sp³-hybridized carbons (Fsp3) is 0.222. The van der Waals surface area contributed by atoms with Crippen LogP contribution in [0.15, 0.2) is 48.7 Å². The molecule has 27 heavy (non-hydrogen) atoms. The highest BCUT2D eigenvalue weighted by Crippen LogP contribution is 2.13. The smallest absolute Gasteiger partial charge is 0.234 e. The molecule has 0 aliphatic carbocycles. The standard InChI is InChI=1S/C18H18ClN5O2S/c19-13-4-6-14(7-5-13)21-18(26)12-27-11-17(25)20-9-8-16-23-22-15-3-1-2-10-24(15)16/h1-7,10H,8-9,11-12H2,(H,20,25)(H,21,26). The van der Waals surface area contributed by atoms with E-state index < -0.39 is 0 Å². The number of hydrogen-bond acceptors (Lipinski definition) is 5. The van der Waals surface area contributed by atoms with Crippen molar-refractivity contribution in [2.45, 2.75) is 6.42 Å². The molecule has 3 rings (SSSR count). The number of halogens is 1. The zero-order chi connectivity index (χ0) is 19.1. The Morgan fingerprint density at radius 1 is 1.04 bits per heavy atom. The van der Waals surface area contributed by atoms with Gasteiger partial charge in [0, 0.05) is 29.9 Å². The van der Waals surface area contributed by atoms with Crippen LogP contribution in [0.25, 0.3) is 5.65 Å². The van der Waals surface area contributed by atoms with Crippen molar-refractivity contribution in [3.05, 3.63) is 59.5 Å². The number of anilines is 1. The average Bonchev–Trinajstić information content (AvgIpc) is 3.07. The SMILES string of the molecule is O=C(CSCC(=O)Nc1ccc(Cl)cc1)NCCc1nnc2ccccn12. The first kappa shape index (κ1) is 19.2. The number of carbonyl (C=O) groups is 2. The molecule has 0 atom stereocenters. The van der Waals surface area contributed by atoms with Crippen molar-refractivity contribution in [3.63, 3.8) is 0 Å². The van der Waals surface area contributed by atoms with Crippen LogP contribution in [-0.4, -0.2) is 44.5 Å². The molecule has 0 unspecified atom stereocenters. The summed E-state index contributed by atoms with van der Waals surface area (Å²) in [6, 6.07) is 12.5. The van der Waals surface area contributed by atoms with Gasteiger partial charge in [0.15, 0.2) is 5.65 Å². The third-order valence-corrected chi connectivity index (χ3v) is 4.83. The molecule has 2 heterocycles. The topological polar surface area (TPSA) is 88.4 Å². The van der Waals surface area contributed by atoms with Gasteiger partial charge < -0.3 is 10.6 Å². The number of nitrogens with zero attached hydrogens (tertiary/aromatic N) is 3. The van der Waals surface area contributed by atoms with Crippen LogP contribution in [0.5, 0.6) is 0 Å². The number of aromatic nitrogens is 3. The summed E-state index contributed by atoms with van der Waals surface area (Å²) in [5.74, 6) is 0.929. The van der Waals surface area contributed by atoms with E-state index in [1.54, 1.807) is 24.3 Å². The van der Waals surface area contributed by atoms with E-state index in [4.69, 9.17) is 11.6 Å². The van der Waals surface area contributed by atoms with Crippen LogP contribution in [0.1, 0.15) is 5.82 Å². The van der Waals surface area contributed by atoms with Crippen LogP contribution in [-0.2, 0) is 16.0 Å². The molecular formula is C18H18ClN5O2S. The fourth-order valence-electron chi connectivity index (χ4n) is 2.39. The normalized spacial score (nSPS) is 10.7. The van der Waals surface area contributed by atoms with Crippen LogP contribution < -0.4 is 10.6 Å². The number of pyridine rings is 1. The first-order chi connectivity index (χ1) is 13.1. The van der Waals surface area contributed by atoms with E-state index in [0.717, 1.165) is 11.5 Å². The van der Waals surface area contributed by atoms with Gasteiger partial charge in [-0.1, -0.05) is 17.7 Å². The fourth-order valence-corrected chi connectivity index (χ4v) is 3.17. The van der Waals surface area contributed by atoms with E-state index in [-0.39, 0.29) is 23.3 Å². The molecule has 0 saturated carbocycles. The van der Waals surface area contributed by atoms with Crippen molar-refractivity contribution in [1.29, 1.82) is 0 Å². The van der Waals surface area contributed by atoms with Crippen LogP contribution in [0.4, 0.5) is 5.69 Å². The quantitative estimate of drug-likeness (QED) is 0.603. The molecular weight excluding hydrogens is 386 g/mol. The zero-order valence-corrected chi connectivity index (χ0v) is 16.0. The molecule has 0 saturated heterocycles. The van der Waals surface area contributed by atoms with Gasteiger partial charge in [-0.05, 0) is 36.4 Å². The van der Waals surface area contributed by atoms with E-state index in [1.165, 1.54) is 11.8 Å². The zero-order valence-electron chi connectivity index (χ0n) is 14.4. The molecule has 1 aromatic carbocycles. The molecule has 2 aromatic heterocycles. The Balaban J connectivity index is 1.33. The maximum atomic E-state index is 11.9. The summed E-state index contributed by atoms with van der Waals surface area (Å²) >= 11 is 7.06. The number of hydrogen-bond donors (Lipinski definition) is 2. The molecule has 0 spiro atoms. The second-order valence-corrected chi connectivity index (χ2v) is 7.11. The molecule has 0 aliphatic rings. The molecule has 9 heteroatoms. The molecule has 0 radical (unpaired) electrons. The molecule has 0 aliphatic heterocycles. The Bertz CT molecular complexity index is 929. The number of rotatable bonds is 8. The predicted octanol–water partition coefficient (Wildman–Crippen LogP) is 2.41. The van der Waals surface area contributed by atoms with Crippen molar-refractivity contribution < 1.29 is 9.59 Å². The predicted molar refractivity (Wildman–Crippen MR) is 107 cm³/mol. The summed E-state index contributed by atoms with van der Waals surface area (Å²) in [7, 11) is 0. The maximum Gasteiger partial charge on any atom is 0.234 e. The van der Waals surface area contributed by atoms with Gasteiger partial charge in [-0.2, -0.15) is 0 Å². The van der Waals surface area contributed by atoms with Crippen LogP contribution >= 0.6 is 23.4 Å². The Morgan fingerprint density at radius 3 is 2.63 bits per heavy atom. The highest BCUT2D eigenvalue weighted by atomic mass is 35.5. The first-order valence-electron chi connectivity index (χ1n) is 8.30. The number of benzene rings is 1. The molecule has 140 valence electrons. The van der Waals surface area contributed by atoms with Crippen LogP contribution in [0.2, 0.25) is 5.02 Å². The Hall–Kier alpha value is -2.58. The molecule has 3 aromatic rings. The monoisotopic (exact) mass is 403 g/mol. The molecule has 7 nitrogen and oxygen atoms in total. The minimum atomic E-state index is -0.162. The van der Waals surface area contributed by atoms with Crippen LogP contribution in [0, 0.1) is 0 Å². The number of amides is 2. The highest BCUT2D eigenvalue weighted by molar-refractivity contribution is 8.00. The van der Waals surface area contributed by atoms with Gasteiger partial charge in [0.05, 0.1) is 11.5 Å². The average molecular weight is 404 g/mol. The second-order valence-electron chi connectivity index (χ2n) is 5.69. The summed E-state index contributed by atoms with van der Waals surface area (Å²) in [6.07, 6.45) is 2.47. The van der Waals surface area contributed by atoms with Crippen molar-refractivity contribution in [1.82, 2.24) is 19.9 Å². The van der Waals surface area contributed by atoms with Gasteiger partial charge in [-0.25, -0.2) is 0 Å². The number of nitrogens with one attached hydrogen (secondary N) is 2. The summed E-state index contributed by atoms with van der Waals surface area (Å²) in [5, 5.41) is 14.4. The molecule has 0 fully saturated rings. The van der Waals surface area contributed by atoms with Crippen molar-refractivity contribution >= 4 is 46.5 Å². The lowest BCUT2D eigenvalue weighted by Crippen LogP contribution is -2.28. The van der Waals surface area contributed by atoms with Crippen molar-refractivity contribution in [2.75, 3.05) is 23.4 Å². The summed E-state index contributed by atoms with van der Waals surface area (Å²) in [5.41, 5.74) is 1.45. The second kappa shape index (κ2) is 9.38. The number of fused-ring (bicyclic) bond motifs is 1. The van der Waals surface area contributed by atoms with E-state index in [9.17, 15) is 9.59 Å². The Kier molecular flexibility index (Phi) is 6.67. The third kappa shape index (κ3) is 5.70. The van der Waals surface area contributed by atoms with Gasteiger partial charge in [0.2, 0.25) is 11.8 Å². The highest BCUT2D eigenvalue weighted by Gasteiger charge is 2.08. The van der Waals surface area contributed by atoms with E-state index in [2.05, 4.69) is 20.8 Å². The van der Waals surface area contributed by atoms with E-state index in [0.29, 0.717) is 23.7 Å².